The molecule has 0 amide bonds. The van der Waals surface area contributed by atoms with E-state index in [0.717, 1.165) is 15.2 Å². The molecule has 0 aliphatic rings. The number of nitrogens with one attached hydrogen (secondary N) is 1. The van der Waals surface area contributed by atoms with Crippen molar-refractivity contribution in [1.82, 2.24) is 59.8 Å². The molecule has 10 rings (SSSR count). The summed E-state index contributed by atoms with van der Waals surface area (Å²) < 4.78 is 77.5. The highest BCUT2D eigenvalue weighted by atomic mass is 79.9. The number of nitrogen functional groups attached to an aromatic ring is 1. The molecule has 400 valence electrons. The minimum absolute atomic E-state index is 0.0101. The van der Waals surface area contributed by atoms with Crippen molar-refractivity contribution in [3.8, 4) is 81.6 Å². The third kappa shape index (κ3) is 14.3. The van der Waals surface area contributed by atoms with Gasteiger partial charge in [-0.1, -0.05) is 54.6 Å². The largest absolute Gasteiger partial charge is 0.493 e. The van der Waals surface area contributed by atoms with Gasteiger partial charge >= 0.3 is 12.0 Å². The third-order valence-electron chi connectivity index (χ3n) is 10.4. The minimum Gasteiger partial charge on any atom is -0.493 e. The van der Waals surface area contributed by atoms with E-state index in [9.17, 15) is 8.42 Å². The highest BCUT2D eigenvalue weighted by Crippen LogP contribution is 2.42. The van der Waals surface area contributed by atoms with Crippen LogP contribution in [0, 0.1) is 0 Å². The first-order valence-corrected chi connectivity index (χ1v) is 26.3. The predicted octanol–water partition coefficient (Wildman–Crippen LogP) is 9.03. The molecule has 4 aromatic carbocycles. The number of benzene rings is 4. The van der Waals surface area contributed by atoms with Crippen molar-refractivity contribution in [2.45, 2.75) is 4.90 Å². The Morgan fingerprint density at radius 3 is 1.44 bits per heavy atom. The van der Waals surface area contributed by atoms with E-state index in [1.165, 1.54) is 32.7 Å². The number of para-hydroxylation sites is 4. The van der Waals surface area contributed by atoms with Crippen LogP contribution in [0.4, 0.5) is 11.6 Å². The first-order chi connectivity index (χ1) is 38.5. The van der Waals surface area contributed by atoms with Crippen molar-refractivity contribution < 1.29 is 46.3 Å². The van der Waals surface area contributed by atoms with Crippen LogP contribution < -0.4 is 48.4 Å². The van der Waals surface area contributed by atoms with Gasteiger partial charge in [0.1, 0.15) is 26.4 Å². The third-order valence-corrected chi connectivity index (χ3v) is 12.5. The standard InChI is InChI=1S/C31H24BrN7O6S.C21H18BrN7O4/c1-42-24-9-4-5-10-25(24)45-26-27(39-46(40,41)23-12-11-20-7-2-3-8-21(20)17-23)37-29(28-33-13-6-14-34-28)38-30(26)43-15-16-44-31-35-18-22(32)19-36-31;1-30-14-5-2-3-6-15(14)33-16-17(23)28-19(18-24-7-4-8-25-18)29-20(16)31-9-10-32-21-26-11-13(22)12-27-21/h2-14,17-19H,15-16H2,1H3,(H,37,38,39);2-8,11-12H,9-10H2,1H3,(H2,23,28,29). The molecule has 0 fully saturated rings. The summed E-state index contributed by atoms with van der Waals surface area (Å²) >= 11 is 6.55. The van der Waals surface area contributed by atoms with Crippen LogP contribution in [0.5, 0.6) is 58.3 Å². The van der Waals surface area contributed by atoms with Crippen molar-refractivity contribution >= 4 is 64.3 Å². The van der Waals surface area contributed by atoms with E-state index in [1.807, 2.05) is 30.3 Å². The number of nitrogens with two attached hydrogens (primary N) is 1. The normalized spacial score (nSPS) is 10.9. The van der Waals surface area contributed by atoms with E-state index < -0.39 is 10.0 Å². The molecule has 0 aliphatic heterocycles. The summed E-state index contributed by atoms with van der Waals surface area (Å²) in [5.74, 6) is 1.95. The van der Waals surface area contributed by atoms with Gasteiger partial charge in [0, 0.05) is 49.6 Å². The summed E-state index contributed by atoms with van der Waals surface area (Å²) in [6.45, 7) is 0.226. The van der Waals surface area contributed by atoms with Crippen molar-refractivity contribution in [2.24, 2.45) is 0 Å². The van der Waals surface area contributed by atoms with E-state index in [4.69, 9.17) is 43.6 Å². The molecule has 0 spiro atoms. The SMILES string of the molecule is COc1ccccc1Oc1c(N)nc(-c2ncccn2)nc1OCCOc1ncc(Br)cn1.COc1ccccc1Oc1c(NS(=O)(=O)c2ccc3ccccc3c2)nc(-c2ncccn2)nc1OCCOc1ncc(Br)cn1. The number of ether oxygens (including phenoxy) is 8. The molecular weight excluding hydrogens is 1170 g/mol. The van der Waals surface area contributed by atoms with E-state index in [2.05, 4.69) is 96.4 Å². The maximum absolute atomic E-state index is 13.8. The Morgan fingerprint density at radius 2 is 0.924 bits per heavy atom. The van der Waals surface area contributed by atoms with Crippen LogP contribution in [0.3, 0.4) is 0 Å². The number of methoxy groups -OCH3 is 2. The zero-order valence-electron chi connectivity index (χ0n) is 41.5. The molecular formula is C52H42Br2N14O10S. The fourth-order valence-electron chi connectivity index (χ4n) is 6.80. The van der Waals surface area contributed by atoms with E-state index in [0.29, 0.717) is 21.7 Å². The number of hydrogen-bond donors (Lipinski definition) is 2. The van der Waals surface area contributed by atoms with Gasteiger partial charge in [-0.15, -0.1) is 0 Å². The van der Waals surface area contributed by atoms with Gasteiger partial charge in [-0.25, -0.2) is 58.3 Å². The van der Waals surface area contributed by atoms with Crippen molar-refractivity contribution in [3.63, 3.8) is 0 Å². The number of nitrogens with zero attached hydrogens (tertiary/aromatic N) is 12. The maximum Gasteiger partial charge on any atom is 0.316 e. The van der Waals surface area contributed by atoms with Gasteiger partial charge in [0.25, 0.3) is 21.8 Å². The molecule has 0 saturated heterocycles. The molecule has 0 radical (unpaired) electrons. The van der Waals surface area contributed by atoms with Crippen LogP contribution in [0.25, 0.3) is 34.1 Å². The highest BCUT2D eigenvalue weighted by molar-refractivity contribution is 9.10. The lowest BCUT2D eigenvalue weighted by atomic mass is 10.1. The molecule has 0 saturated carbocycles. The van der Waals surface area contributed by atoms with Crippen LogP contribution in [0.2, 0.25) is 0 Å². The predicted molar refractivity (Wildman–Crippen MR) is 293 cm³/mol. The maximum atomic E-state index is 13.8. The fraction of sp³-hybridized carbons (Fsp3) is 0.115. The molecule has 6 aromatic heterocycles. The van der Waals surface area contributed by atoms with Crippen LogP contribution in [0.15, 0.2) is 167 Å². The van der Waals surface area contributed by atoms with Gasteiger partial charge in [-0.3, -0.25) is 4.72 Å². The van der Waals surface area contributed by atoms with Crippen molar-refractivity contribution in [3.05, 3.63) is 162 Å². The molecule has 24 nitrogen and oxygen atoms in total. The van der Waals surface area contributed by atoms with Gasteiger partial charge in [0.05, 0.1) is 28.1 Å². The average Bonchev–Trinajstić information content (AvgIpc) is 3.54. The lowest BCUT2D eigenvalue weighted by Crippen LogP contribution is -2.17. The molecule has 0 aliphatic carbocycles. The fourth-order valence-corrected chi connectivity index (χ4v) is 8.25. The van der Waals surface area contributed by atoms with Crippen molar-refractivity contribution in [2.75, 3.05) is 51.1 Å². The van der Waals surface area contributed by atoms with E-state index in [-0.39, 0.29) is 107 Å². The van der Waals surface area contributed by atoms with E-state index in [1.54, 1.807) is 104 Å². The molecule has 0 unspecified atom stereocenters. The zero-order valence-corrected chi connectivity index (χ0v) is 45.4. The summed E-state index contributed by atoms with van der Waals surface area (Å²) in [5.41, 5.74) is 6.20. The first kappa shape index (κ1) is 54.3. The summed E-state index contributed by atoms with van der Waals surface area (Å²) in [4.78, 5) is 50.7. The summed E-state index contributed by atoms with van der Waals surface area (Å²) in [7, 11) is -1.19. The van der Waals surface area contributed by atoms with Gasteiger partial charge in [-0.2, -0.15) is 9.97 Å². The first-order valence-electron chi connectivity index (χ1n) is 23.3. The van der Waals surface area contributed by atoms with Crippen LogP contribution in [-0.4, -0.2) is 109 Å². The quantitative estimate of drug-likeness (QED) is 0.0634. The second-order valence-electron chi connectivity index (χ2n) is 15.6. The van der Waals surface area contributed by atoms with Gasteiger partial charge in [0.15, 0.2) is 46.3 Å². The molecule has 79 heavy (non-hydrogen) atoms. The zero-order chi connectivity index (χ0) is 55.0. The molecule has 3 N–H and O–H groups in total. The summed E-state index contributed by atoms with van der Waals surface area (Å²) in [5, 5.41) is 1.63. The number of hydrogen-bond acceptors (Lipinski definition) is 23. The molecule has 6 heterocycles. The second kappa shape index (κ2) is 26.1. The Labute approximate surface area is 467 Å². The Kier molecular flexibility index (Phi) is 17.9. The average molecular weight is 1210 g/mol. The Hall–Kier alpha value is -9.47. The monoisotopic (exact) mass is 1210 g/mol. The topological polar surface area (TPSA) is 301 Å². The number of aromatic nitrogens is 12. The number of fused-ring (bicyclic) bond motifs is 1. The lowest BCUT2D eigenvalue weighted by molar-refractivity contribution is 0.197. The Morgan fingerprint density at radius 1 is 0.481 bits per heavy atom. The van der Waals surface area contributed by atoms with Gasteiger partial charge in [-0.05, 0) is 91.2 Å². The molecule has 0 bridgehead atoms. The van der Waals surface area contributed by atoms with Crippen LogP contribution >= 0.6 is 31.9 Å². The molecule has 0 atom stereocenters. The number of halogens is 2. The van der Waals surface area contributed by atoms with Gasteiger partial charge < -0.3 is 43.6 Å². The number of sulfonamides is 1. The summed E-state index contributed by atoms with van der Waals surface area (Å²) in [6.07, 6.45) is 12.4. The number of anilines is 2. The van der Waals surface area contributed by atoms with Gasteiger partial charge in [0.2, 0.25) is 23.1 Å². The minimum atomic E-state index is -4.21. The smallest absolute Gasteiger partial charge is 0.316 e. The molecule has 10 aromatic rings. The number of rotatable bonds is 21. The van der Waals surface area contributed by atoms with Crippen LogP contribution in [0.1, 0.15) is 0 Å². The lowest BCUT2D eigenvalue weighted by Gasteiger charge is -2.18. The second-order valence-corrected chi connectivity index (χ2v) is 19.1. The van der Waals surface area contributed by atoms with E-state index >= 15 is 0 Å². The summed E-state index contributed by atoms with van der Waals surface area (Å²) in [6, 6.07) is 29.8. The Bertz CT molecular complexity index is 3780. The Balaban J connectivity index is 0.000000203. The highest BCUT2D eigenvalue weighted by Gasteiger charge is 2.27. The van der Waals surface area contributed by atoms with Crippen molar-refractivity contribution in [1.29, 1.82) is 0 Å². The molecule has 27 heteroatoms. The van der Waals surface area contributed by atoms with Crippen LogP contribution in [-0.2, 0) is 10.0 Å².